The Bertz CT molecular complexity index is 1070. The van der Waals surface area contributed by atoms with E-state index in [9.17, 15) is 14.4 Å². The highest BCUT2D eigenvalue weighted by Crippen LogP contribution is 2.19. The Kier molecular flexibility index (Phi) is 7.55. The van der Waals surface area contributed by atoms with Crippen LogP contribution >= 0.6 is 0 Å². The Hall–Kier alpha value is -3.47. The summed E-state index contributed by atoms with van der Waals surface area (Å²) >= 11 is 0. The summed E-state index contributed by atoms with van der Waals surface area (Å²) in [5, 5.41) is 0. The fourth-order valence-electron chi connectivity index (χ4n) is 3.54. The van der Waals surface area contributed by atoms with Gasteiger partial charge in [0.15, 0.2) is 11.8 Å². The van der Waals surface area contributed by atoms with E-state index in [4.69, 9.17) is 0 Å². The number of aryl methyl sites for hydroxylation is 1. The zero-order valence-electron chi connectivity index (χ0n) is 18.0. The summed E-state index contributed by atoms with van der Waals surface area (Å²) in [6, 6.07) is 20.5. The number of rotatable bonds is 9. The highest BCUT2D eigenvalue weighted by atomic mass is 16.2. The monoisotopic (exact) mass is 416 g/mol. The van der Waals surface area contributed by atoms with Crippen LogP contribution in [-0.4, -0.2) is 27.7 Å². The van der Waals surface area contributed by atoms with Crippen LogP contribution in [0, 0.1) is 6.92 Å². The number of pyridine rings is 1. The fraction of sp³-hybridized carbons (Fsp3) is 0.269. The molecule has 1 heterocycles. The van der Waals surface area contributed by atoms with Gasteiger partial charge in [-0.3, -0.25) is 19.0 Å². The van der Waals surface area contributed by atoms with Crippen molar-refractivity contribution in [2.24, 2.45) is 0 Å². The predicted molar refractivity (Wildman–Crippen MR) is 122 cm³/mol. The van der Waals surface area contributed by atoms with Crippen LogP contribution < -0.4 is 5.56 Å². The van der Waals surface area contributed by atoms with Gasteiger partial charge >= 0.3 is 0 Å². The number of Topliss-reactive ketones (excluding diaryl/α,β-unsaturated/α-hetero) is 1. The van der Waals surface area contributed by atoms with Gasteiger partial charge in [0.2, 0.25) is 0 Å². The molecular weight excluding hydrogens is 388 g/mol. The zero-order valence-corrected chi connectivity index (χ0v) is 18.0. The quantitative estimate of drug-likeness (QED) is 0.383. The molecule has 2 aromatic carbocycles. The first-order chi connectivity index (χ1) is 15.0. The summed E-state index contributed by atoms with van der Waals surface area (Å²) in [4.78, 5) is 41.8. The molecule has 1 atom stereocenters. The number of ketones is 1. The SMILES string of the molecule is CCCCN(Cc1ccccc1)C(=O)C(C(=O)c1ccccc1)n1cccc(C)c1=O. The van der Waals surface area contributed by atoms with Crippen molar-refractivity contribution in [3.63, 3.8) is 0 Å². The molecule has 0 saturated heterocycles. The number of unbranched alkanes of at least 4 members (excludes halogenated alkanes) is 1. The van der Waals surface area contributed by atoms with Crippen molar-refractivity contribution in [2.45, 2.75) is 39.3 Å². The summed E-state index contributed by atoms with van der Waals surface area (Å²) < 4.78 is 1.27. The van der Waals surface area contributed by atoms with E-state index in [1.807, 2.05) is 36.4 Å². The Morgan fingerprint density at radius 1 is 0.935 bits per heavy atom. The molecule has 1 unspecified atom stereocenters. The van der Waals surface area contributed by atoms with E-state index in [0.717, 1.165) is 18.4 Å². The molecule has 3 aromatic rings. The molecule has 160 valence electrons. The first kappa shape index (κ1) is 22.2. The fourth-order valence-corrected chi connectivity index (χ4v) is 3.54. The number of carbonyl (C=O) groups is 2. The van der Waals surface area contributed by atoms with Crippen molar-refractivity contribution in [3.05, 3.63) is 106 Å². The number of aromatic nitrogens is 1. The van der Waals surface area contributed by atoms with Crippen LogP contribution in [0.15, 0.2) is 83.8 Å². The molecule has 5 nitrogen and oxygen atoms in total. The van der Waals surface area contributed by atoms with E-state index in [1.54, 1.807) is 48.2 Å². The van der Waals surface area contributed by atoms with E-state index >= 15 is 0 Å². The van der Waals surface area contributed by atoms with Gasteiger partial charge in [-0.2, -0.15) is 0 Å². The number of hydrogen-bond acceptors (Lipinski definition) is 3. The van der Waals surface area contributed by atoms with Crippen LogP contribution in [0.3, 0.4) is 0 Å². The van der Waals surface area contributed by atoms with Crippen molar-refractivity contribution in [2.75, 3.05) is 6.54 Å². The molecule has 0 saturated carbocycles. The molecule has 31 heavy (non-hydrogen) atoms. The first-order valence-electron chi connectivity index (χ1n) is 10.6. The third kappa shape index (κ3) is 5.37. The van der Waals surface area contributed by atoms with Crippen LogP contribution in [0.1, 0.15) is 47.3 Å². The van der Waals surface area contributed by atoms with Crippen molar-refractivity contribution in [1.29, 1.82) is 0 Å². The highest BCUT2D eigenvalue weighted by molar-refractivity contribution is 6.11. The minimum absolute atomic E-state index is 0.333. The molecule has 5 heteroatoms. The molecule has 0 fully saturated rings. The minimum Gasteiger partial charge on any atom is -0.336 e. The van der Waals surface area contributed by atoms with E-state index in [1.165, 1.54) is 10.8 Å². The second-order valence-electron chi connectivity index (χ2n) is 7.64. The van der Waals surface area contributed by atoms with Crippen molar-refractivity contribution < 1.29 is 9.59 Å². The lowest BCUT2D eigenvalue weighted by Crippen LogP contribution is -2.44. The number of carbonyl (C=O) groups excluding carboxylic acids is 2. The molecule has 0 aliphatic carbocycles. The molecule has 0 aliphatic rings. The normalized spacial score (nSPS) is 11.7. The third-order valence-corrected chi connectivity index (χ3v) is 5.29. The topological polar surface area (TPSA) is 59.4 Å². The second-order valence-corrected chi connectivity index (χ2v) is 7.64. The molecule has 0 radical (unpaired) electrons. The zero-order chi connectivity index (χ0) is 22.2. The maximum absolute atomic E-state index is 13.8. The van der Waals surface area contributed by atoms with E-state index in [2.05, 4.69) is 6.92 Å². The molecule has 0 spiro atoms. The van der Waals surface area contributed by atoms with E-state index in [0.29, 0.717) is 24.2 Å². The number of hydrogen-bond donors (Lipinski definition) is 0. The van der Waals surface area contributed by atoms with Crippen LogP contribution in [0.2, 0.25) is 0 Å². The number of nitrogens with zero attached hydrogens (tertiary/aromatic N) is 2. The van der Waals surface area contributed by atoms with E-state index in [-0.39, 0.29) is 17.2 Å². The van der Waals surface area contributed by atoms with E-state index < -0.39 is 6.04 Å². The van der Waals surface area contributed by atoms with Crippen LogP contribution in [0.4, 0.5) is 0 Å². The lowest BCUT2D eigenvalue weighted by Gasteiger charge is -2.28. The van der Waals surface area contributed by atoms with Crippen LogP contribution in [0.5, 0.6) is 0 Å². The molecule has 3 rings (SSSR count). The summed E-state index contributed by atoms with van der Waals surface area (Å²) in [6.45, 7) is 4.65. The summed E-state index contributed by atoms with van der Waals surface area (Å²) in [5.41, 5.74) is 1.54. The van der Waals surface area contributed by atoms with Gasteiger partial charge in [-0.15, -0.1) is 0 Å². The standard InChI is InChI=1S/C26H28N2O3/c1-3-4-17-27(19-21-13-7-5-8-14-21)26(31)23(24(29)22-15-9-6-10-16-22)28-18-11-12-20(2)25(28)30/h5-16,18,23H,3-4,17,19H2,1-2H3. The van der Waals surface area contributed by atoms with Crippen LogP contribution in [0.25, 0.3) is 0 Å². The maximum Gasteiger partial charge on any atom is 0.254 e. The van der Waals surface area contributed by atoms with Crippen LogP contribution in [-0.2, 0) is 11.3 Å². The molecule has 0 bridgehead atoms. The molecule has 0 N–H and O–H groups in total. The molecule has 1 amide bonds. The molecule has 0 aliphatic heterocycles. The summed E-state index contributed by atoms with van der Waals surface area (Å²) in [7, 11) is 0. The van der Waals surface area contributed by atoms with Gasteiger partial charge in [0.25, 0.3) is 11.5 Å². The van der Waals surface area contributed by atoms with Gasteiger partial charge in [-0.25, -0.2) is 0 Å². The smallest absolute Gasteiger partial charge is 0.254 e. The third-order valence-electron chi connectivity index (χ3n) is 5.29. The summed E-state index contributed by atoms with van der Waals surface area (Å²) in [6.07, 6.45) is 3.26. The Morgan fingerprint density at radius 2 is 1.58 bits per heavy atom. The van der Waals surface area contributed by atoms with Gasteiger partial charge in [0.1, 0.15) is 0 Å². The van der Waals surface area contributed by atoms with Gasteiger partial charge in [0.05, 0.1) is 0 Å². The second kappa shape index (κ2) is 10.5. The first-order valence-corrected chi connectivity index (χ1v) is 10.6. The number of benzene rings is 2. The minimum atomic E-state index is -1.24. The maximum atomic E-state index is 13.8. The van der Waals surface area contributed by atoms with Gasteiger partial charge in [-0.1, -0.05) is 80.1 Å². The van der Waals surface area contributed by atoms with Gasteiger partial charge in [-0.05, 0) is 25.0 Å². The summed E-state index contributed by atoms with van der Waals surface area (Å²) in [5.74, 6) is -0.744. The van der Waals surface area contributed by atoms with Crippen molar-refractivity contribution >= 4 is 11.7 Å². The average molecular weight is 417 g/mol. The number of amides is 1. The largest absolute Gasteiger partial charge is 0.336 e. The van der Waals surface area contributed by atoms with Crippen molar-refractivity contribution in [3.8, 4) is 0 Å². The lowest BCUT2D eigenvalue weighted by molar-refractivity contribution is -0.134. The molecule has 1 aromatic heterocycles. The van der Waals surface area contributed by atoms with Gasteiger partial charge in [0, 0.05) is 30.4 Å². The van der Waals surface area contributed by atoms with Crippen molar-refractivity contribution in [1.82, 2.24) is 9.47 Å². The molecular formula is C26H28N2O3. The Balaban J connectivity index is 2.05. The average Bonchev–Trinajstić information content (AvgIpc) is 2.80. The predicted octanol–water partition coefficient (Wildman–Crippen LogP) is 4.41. The Labute approximate surface area is 183 Å². The van der Waals surface area contributed by atoms with Gasteiger partial charge < -0.3 is 4.90 Å². The lowest BCUT2D eigenvalue weighted by atomic mass is 10.0. The highest BCUT2D eigenvalue weighted by Gasteiger charge is 2.33. The Morgan fingerprint density at radius 3 is 2.23 bits per heavy atom.